The zero-order valence-electron chi connectivity index (χ0n) is 13.7. The highest BCUT2D eigenvalue weighted by Crippen LogP contribution is 2.34. The van der Waals surface area contributed by atoms with Gasteiger partial charge < -0.3 is 0 Å². The van der Waals surface area contributed by atoms with Crippen LogP contribution >= 0.6 is 11.3 Å². The van der Waals surface area contributed by atoms with E-state index in [-0.39, 0.29) is 30.2 Å². The highest BCUT2D eigenvalue weighted by Gasteiger charge is 2.47. The molecule has 128 valence electrons. The lowest BCUT2D eigenvalue weighted by atomic mass is 9.85. The molecule has 24 heavy (non-hydrogen) atoms. The van der Waals surface area contributed by atoms with E-state index >= 15 is 0 Å². The summed E-state index contributed by atoms with van der Waals surface area (Å²) in [5, 5.41) is 11.8. The molecule has 0 aromatic carbocycles. The zero-order chi connectivity index (χ0) is 17.3. The second-order valence-corrected chi connectivity index (χ2v) is 7.63. The third-order valence-electron chi connectivity index (χ3n) is 4.20. The number of rotatable bonds is 5. The Balaban J connectivity index is 1.60. The maximum absolute atomic E-state index is 12.3. The first-order chi connectivity index (χ1) is 11.5. The molecule has 0 saturated carbocycles. The summed E-state index contributed by atoms with van der Waals surface area (Å²) in [4.78, 5) is 37.9. The van der Waals surface area contributed by atoms with Crippen LogP contribution < -0.4 is 5.32 Å². The Kier molecular flexibility index (Phi) is 4.75. The van der Waals surface area contributed by atoms with Gasteiger partial charge >= 0.3 is 0 Å². The quantitative estimate of drug-likeness (QED) is 0.645. The minimum absolute atomic E-state index is 0.248. The first-order valence-electron chi connectivity index (χ1n) is 8.08. The molecule has 2 aliphatic rings. The molecule has 0 radical (unpaired) electrons. The fourth-order valence-corrected chi connectivity index (χ4v) is 4.03. The van der Waals surface area contributed by atoms with E-state index in [9.17, 15) is 14.4 Å². The summed E-state index contributed by atoms with van der Waals surface area (Å²) in [6.07, 6.45) is 5.79. The Labute approximate surface area is 144 Å². The Morgan fingerprint density at radius 3 is 2.46 bits per heavy atom. The number of carbonyl (C=O) groups is 3. The first-order valence-corrected chi connectivity index (χ1v) is 8.89. The molecule has 3 amide bonds. The normalized spacial score (nSPS) is 23.0. The highest BCUT2D eigenvalue weighted by molar-refractivity contribution is 7.15. The van der Waals surface area contributed by atoms with E-state index in [1.807, 2.05) is 12.2 Å². The molecule has 2 heterocycles. The highest BCUT2D eigenvalue weighted by atomic mass is 32.1. The molecule has 1 aliphatic carbocycles. The van der Waals surface area contributed by atoms with Crippen LogP contribution in [0.4, 0.5) is 5.13 Å². The molecule has 0 bridgehead atoms. The van der Waals surface area contributed by atoms with Crippen molar-refractivity contribution in [3.05, 3.63) is 17.2 Å². The minimum atomic E-state index is -0.421. The third kappa shape index (κ3) is 3.38. The van der Waals surface area contributed by atoms with Gasteiger partial charge in [0.15, 0.2) is 0 Å². The molecular formula is C16H20N4O3S. The number of allylic oxidation sites excluding steroid dienone is 2. The van der Waals surface area contributed by atoms with Crippen LogP contribution in [0.5, 0.6) is 0 Å². The summed E-state index contributed by atoms with van der Waals surface area (Å²) >= 11 is 1.32. The van der Waals surface area contributed by atoms with Gasteiger partial charge in [-0.05, 0) is 18.8 Å². The van der Waals surface area contributed by atoms with E-state index in [0.29, 0.717) is 23.9 Å². The van der Waals surface area contributed by atoms with E-state index in [1.54, 1.807) is 0 Å². The van der Waals surface area contributed by atoms with Gasteiger partial charge in [0.1, 0.15) is 11.6 Å². The predicted octanol–water partition coefficient (Wildman–Crippen LogP) is 1.63. The van der Waals surface area contributed by atoms with Gasteiger partial charge in [-0.2, -0.15) is 0 Å². The standard InChI is InChI=1S/C16H20N4O3S/c1-9(2)7-13-18-19-16(24-13)17-12(21)8-20-14(22)10-5-3-4-6-11(10)15(20)23/h3-4,9-11H,5-8H2,1-2H3,(H,17,19,21)/t10-,11-/m0/s1. The molecule has 0 spiro atoms. The molecule has 1 fully saturated rings. The van der Waals surface area contributed by atoms with E-state index in [2.05, 4.69) is 29.4 Å². The fraction of sp³-hybridized carbons (Fsp3) is 0.562. The van der Waals surface area contributed by atoms with Gasteiger partial charge in [-0.15, -0.1) is 10.2 Å². The average Bonchev–Trinajstić information content (AvgIpc) is 3.05. The Morgan fingerprint density at radius 2 is 1.88 bits per heavy atom. The topological polar surface area (TPSA) is 92.3 Å². The second kappa shape index (κ2) is 6.80. The lowest BCUT2D eigenvalue weighted by molar-refractivity contribution is -0.142. The van der Waals surface area contributed by atoms with Crippen molar-refractivity contribution in [3.8, 4) is 0 Å². The van der Waals surface area contributed by atoms with Crippen molar-refractivity contribution in [2.75, 3.05) is 11.9 Å². The molecule has 8 heteroatoms. The molecule has 7 nitrogen and oxygen atoms in total. The minimum Gasteiger partial charge on any atom is -0.299 e. The van der Waals surface area contributed by atoms with Crippen LogP contribution in [0.3, 0.4) is 0 Å². The summed E-state index contributed by atoms with van der Waals surface area (Å²) < 4.78 is 0. The number of hydrogen-bond donors (Lipinski definition) is 1. The van der Waals surface area contributed by atoms with Gasteiger partial charge in [0.05, 0.1) is 11.8 Å². The van der Waals surface area contributed by atoms with Crippen molar-refractivity contribution in [2.45, 2.75) is 33.1 Å². The number of nitrogens with one attached hydrogen (secondary N) is 1. The van der Waals surface area contributed by atoms with Gasteiger partial charge in [-0.1, -0.05) is 37.3 Å². The molecule has 1 aromatic rings. The number of aromatic nitrogens is 2. The van der Waals surface area contributed by atoms with Crippen LogP contribution in [0.2, 0.25) is 0 Å². The number of nitrogens with zero attached hydrogens (tertiary/aromatic N) is 3. The molecule has 2 atom stereocenters. The number of carbonyl (C=O) groups excluding carboxylic acids is 3. The van der Waals surface area contributed by atoms with Crippen molar-refractivity contribution in [1.29, 1.82) is 0 Å². The molecular weight excluding hydrogens is 328 g/mol. The lowest BCUT2D eigenvalue weighted by Crippen LogP contribution is -2.38. The maximum atomic E-state index is 12.3. The third-order valence-corrected chi connectivity index (χ3v) is 5.06. The van der Waals surface area contributed by atoms with E-state index < -0.39 is 5.91 Å². The number of anilines is 1. The summed E-state index contributed by atoms with van der Waals surface area (Å²) in [5.41, 5.74) is 0. The smallest absolute Gasteiger partial charge is 0.246 e. The van der Waals surface area contributed by atoms with Crippen molar-refractivity contribution < 1.29 is 14.4 Å². The van der Waals surface area contributed by atoms with Crippen LogP contribution in [0, 0.1) is 17.8 Å². The largest absolute Gasteiger partial charge is 0.299 e. The van der Waals surface area contributed by atoms with Gasteiger partial charge in [-0.25, -0.2) is 0 Å². The second-order valence-electron chi connectivity index (χ2n) is 6.57. The Hall–Kier alpha value is -2.09. The molecule has 1 saturated heterocycles. The van der Waals surface area contributed by atoms with Gasteiger partial charge in [-0.3, -0.25) is 24.6 Å². The summed E-state index contributed by atoms with van der Waals surface area (Å²) in [5.74, 6) is -1.08. The van der Waals surface area contributed by atoms with Crippen molar-refractivity contribution >= 4 is 34.2 Å². The predicted molar refractivity (Wildman–Crippen MR) is 89.2 cm³/mol. The lowest BCUT2D eigenvalue weighted by Gasteiger charge is -2.14. The summed E-state index contributed by atoms with van der Waals surface area (Å²) in [6.45, 7) is 3.90. The number of hydrogen-bond acceptors (Lipinski definition) is 6. The van der Waals surface area contributed by atoms with Crippen LogP contribution in [0.15, 0.2) is 12.2 Å². The zero-order valence-corrected chi connectivity index (χ0v) is 14.5. The van der Waals surface area contributed by atoms with E-state index in [0.717, 1.165) is 16.3 Å². The molecule has 1 aromatic heterocycles. The van der Waals surface area contributed by atoms with E-state index in [4.69, 9.17) is 0 Å². The van der Waals surface area contributed by atoms with Crippen LogP contribution in [0.1, 0.15) is 31.7 Å². The van der Waals surface area contributed by atoms with Crippen LogP contribution in [-0.2, 0) is 20.8 Å². The number of imide groups is 1. The van der Waals surface area contributed by atoms with Crippen molar-refractivity contribution in [1.82, 2.24) is 15.1 Å². The van der Waals surface area contributed by atoms with E-state index in [1.165, 1.54) is 11.3 Å². The van der Waals surface area contributed by atoms with Gasteiger partial charge in [0, 0.05) is 6.42 Å². The first kappa shape index (κ1) is 16.8. The molecule has 1 aliphatic heterocycles. The number of amides is 3. The molecule has 0 unspecified atom stereocenters. The maximum Gasteiger partial charge on any atom is 0.246 e. The average molecular weight is 348 g/mol. The van der Waals surface area contributed by atoms with Crippen molar-refractivity contribution in [3.63, 3.8) is 0 Å². The van der Waals surface area contributed by atoms with Gasteiger partial charge in [0.2, 0.25) is 22.9 Å². The van der Waals surface area contributed by atoms with Crippen LogP contribution in [0.25, 0.3) is 0 Å². The molecule has 3 rings (SSSR count). The SMILES string of the molecule is CC(C)Cc1nnc(NC(=O)CN2C(=O)[C@H]3CC=CC[C@@H]3C2=O)s1. The number of likely N-dealkylation sites (tertiary alicyclic amines) is 1. The Morgan fingerprint density at radius 1 is 1.25 bits per heavy atom. The van der Waals surface area contributed by atoms with Gasteiger partial charge in [0.25, 0.3) is 0 Å². The molecule has 1 N–H and O–H groups in total. The monoisotopic (exact) mass is 348 g/mol. The Bertz CT molecular complexity index is 671. The summed E-state index contributed by atoms with van der Waals surface area (Å²) in [7, 11) is 0. The number of fused-ring (bicyclic) bond motifs is 1. The fourth-order valence-electron chi connectivity index (χ4n) is 3.06. The van der Waals surface area contributed by atoms with Crippen molar-refractivity contribution in [2.24, 2.45) is 17.8 Å². The van der Waals surface area contributed by atoms with Crippen LogP contribution in [-0.4, -0.2) is 39.4 Å². The summed E-state index contributed by atoms with van der Waals surface area (Å²) in [6, 6.07) is 0.